The average Bonchev–Trinajstić information content (AvgIpc) is 3.31. The molecular formula is C19H20N2O2. The highest BCUT2D eigenvalue weighted by Gasteiger charge is 2.24. The Labute approximate surface area is 134 Å². The van der Waals surface area contributed by atoms with E-state index in [2.05, 4.69) is 28.8 Å². The van der Waals surface area contributed by atoms with Gasteiger partial charge in [0.2, 0.25) is 5.91 Å². The number of fused-ring (bicyclic) bond motifs is 3. The average molecular weight is 308 g/mol. The zero-order valence-corrected chi connectivity index (χ0v) is 13.2. The highest BCUT2D eigenvalue weighted by Crippen LogP contribution is 2.37. The fourth-order valence-electron chi connectivity index (χ4n) is 3.41. The van der Waals surface area contributed by atoms with Gasteiger partial charge in [0.1, 0.15) is 0 Å². The van der Waals surface area contributed by atoms with Gasteiger partial charge in [-0.3, -0.25) is 4.79 Å². The monoisotopic (exact) mass is 308 g/mol. The molecule has 1 aliphatic rings. The summed E-state index contributed by atoms with van der Waals surface area (Å²) >= 11 is 0. The van der Waals surface area contributed by atoms with Crippen LogP contribution >= 0.6 is 0 Å². The molecule has 0 aliphatic heterocycles. The lowest BCUT2D eigenvalue weighted by Gasteiger charge is -2.07. The molecule has 2 aromatic carbocycles. The molecule has 1 fully saturated rings. The van der Waals surface area contributed by atoms with Crippen molar-refractivity contribution in [2.75, 3.05) is 7.11 Å². The molecule has 1 amide bonds. The number of methoxy groups -OCH3 is 1. The van der Waals surface area contributed by atoms with Crippen LogP contribution < -0.4 is 5.73 Å². The van der Waals surface area contributed by atoms with E-state index >= 15 is 0 Å². The van der Waals surface area contributed by atoms with Gasteiger partial charge in [0.15, 0.2) is 0 Å². The summed E-state index contributed by atoms with van der Waals surface area (Å²) in [6.07, 6.45) is 2.57. The Morgan fingerprint density at radius 1 is 1.26 bits per heavy atom. The Morgan fingerprint density at radius 3 is 2.78 bits per heavy atom. The molecule has 1 aromatic heterocycles. The zero-order chi connectivity index (χ0) is 16.0. The van der Waals surface area contributed by atoms with Crippen molar-refractivity contribution in [1.82, 2.24) is 4.57 Å². The summed E-state index contributed by atoms with van der Waals surface area (Å²) in [7, 11) is 1.70. The topological polar surface area (TPSA) is 57.2 Å². The van der Waals surface area contributed by atoms with Gasteiger partial charge >= 0.3 is 0 Å². The number of amides is 1. The molecule has 0 atom stereocenters. The first-order valence-electron chi connectivity index (χ1n) is 8.01. The van der Waals surface area contributed by atoms with Gasteiger partial charge in [-0.25, -0.2) is 0 Å². The van der Waals surface area contributed by atoms with Crippen LogP contribution in [-0.4, -0.2) is 17.6 Å². The molecule has 0 saturated heterocycles. The number of nitrogens with zero attached hydrogens (tertiary/aromatic N) is 1. The number of carbonyl (C=O) groups excluding carboxylic acids is 1. The Kier molecular flexibility index (Phi) is 3.34. The second kappa shape index (κ2) is 5.39. The van der Waals surface area contributed by atoms with Crippen molar-refractivity contribution in [2.24, 2.45) is 11.7 Å². The minimum absolute atomic E-state index is 0.373. The maximum Gasteiger partial charge on any atom is 0.249 e. The largest absolute Gasteiger partial charge is 0.380 e. The maximum atomic E-state index is 11.9. The predicted molar refractivity (Wildman–Crippen MR) is 91.4 cm³/mol. The normalized spacial score (nSPS) is 14.7. The minimum atomic E-state index is -0.373. The molecule has 3 aromatic rings. The maximum absolute atomic E-state index is 11.9. The number of nitrogens with two attached hydrogens (primary N) is 1. The lowest BCUT2D eigenvalue weighted by atomic mass is 10.0. The van der Waals surface area contributed by atoms with Crippen molar-refractivity contribution in [1.29, 1.82) is 0 Å². The van der Waals surface area contributed by atoms with E-state index in [4.69, 9.17) is 10.5 Å². The second-order valence-corrected chi connectivity index (χ2v) is 6.40. The van der Waals surface area contributed by atoms with Gasteiger partial charge in [0, 0.05) is 41.0 Å². The fourth-order valence-corrected chi connectivity index (χ4v) is 3.41. The molecule has 23 heavy (non-hydrogen) atoms. The Bertz CT molecular complexity index is 907. The lowest BCUT2D eigenvalue weighted by molar-refractivity contribution is 0.100. The molecule has 0 unspecified atom stereocenters. The molecule has 2 N–H and O–H groups in total. The van der Waals surface area contributed by atoms with Gasteiger partial charge in [0.25, 0.3) is 0 Å². The number of carbonyl (C=O) groups is 1. The summed E-state index contributed by atoms with van der Waals surface area (Å²) in [6, 6.07) is 12.1. The van der Waals surface area contributed by atoms with Crippen LogP contribution in [0.4, 0.5) is 0 Å². The molecule has 0 radical (unpaired) electrons. The third-order valence-corrected chi connectivity index (χ3v) is 4.67. The van der Waals surface area contributed by atoms with Crippen LogP contribution in [-0.2, 0) is 17.9 Å². The standard InChI is InChI=1S/C19H20N2O2/c1-23-11-13-7-8-14-17(9-13)21(10-12-5-6-12)16-4-2-3-15(18(14)16)19(20)22/h2-4,7-9,12H,5-6,10-11H2,1H3,(H2,20,22). The quantitative estimate of drug-likeness (QED) is 0.785. The number of hydrogen-bond acceptors (Lipinski definition) is 2. The van der Waals surface area contributed by atoms with Crippen LogP contribution in [0.15, 0.2) is 36.4 Å². The Morgan fingerprint density at radius 2 is 2.09 bits per heavy atom. The summed E-state index contributed by atoms with van der Waals surface area (Å²) in [6.45, 7) is 1.59. The van der Waals surface area contributed by atoms with Gasteiger partial charge in [-0.1, -0.05) is 18.2 Å². The number of hydrogen-bond donors (Lipinski definition) is 1. The highest BCUT2D eigenvalue weighted by atomic mass is 16.5. The summed E-state index contributed by atoms with van der Waals surface area (Å²) in [5.41, 5.74) is 9.60. The van der Waals surface area contributed by atoms with E-state index in [0.717, 1.165) is 39.8 Å². The van der Waals surface area contributed by atoms with Crippen LogP contribution in [0.1, 0.15) is 28.8 Å². The fraction of sp³-hybridized carbons (Fsp3) is 0.316. The zero-order valence-electron chi connectivity index (χ0n) is 13.2. The molecule has 1 saturated carbocycles. The van der Waals surface area contributed by atoms with Crippen molar-refractivity contribution in [3.63, 3.8) is 0 Å². The van der Waals surface area contributed by atoms with Gasteiger partial charge in [-0.15, -0.1) is 0 Å². The first-order chi connectivity index (χ1) is 11.2. The van der Waals surface area contributed by atoms with Crippen molar-refractivity contribution in [3.05, 3.63) is 47.5 Å². The molecule has 0 bridgehead atoms. The number of rotatable bonds is 5. The van der Waals surface area contributed by atoms with E-state index in [1.165, 1.54) is 12.8 Å². The van der Waals surface area contributed by atoms with E-state index in [1.54, 1.807) is 7.11 Å². The second-order valence-electron chi connectivity index (χ2n) is 6.40. The van der Waals surface area contributed by atoms with E-state index < -0.39 is 0 Å². The third-order valence-electron chi connectivity index (χ3n) is 4.67. The number of benzene rings is 2. The summed E-state index contributed by atoms with van der Waals surface area (Å²) < 4.78 is 7.60. The SMILES string of the molecule is COCc1ccc2c3c(C(N)=O)cccc3n(CC3CC3)c2c1. The number of primary amides is 1. The van der Waals surface area contributed by atoms with Crippen molar-refractivity contribution < 1.29 is 9.53 Å². The number of aromatic nitrogens is 1. The first-order valence-corrected chi connectivity index (χ1v) is 8.01. The molecule has 1 heterocycles. The van der Waals surface area contributed by atoms with Crippen molar-refractivity contribution in [3.8, 4) is 0 Å². The smallest absolute Gasteiger partial charge is 0.249 e. The van der Waals surface area contributed by atoms with E-state index in [1.807, 2.05) is 12.1 Å². The molecule has 118 valence electrons. The highest BCUT2D eigenvalue weighted by molar-refractivity contribution is 6.17. The molecule has 4 nitrogen and oxygen atoms in total. The van der Waals surface area contributed by atoms with Crippen LogP contribution in [0.25, 0.3) is 21.8 Å². The first kappa shape index (κ1) is 14.3. The van der Waals surface area contributed by atoms with Crippen LogP contribution in [0.2, 0.25) is 0 Å². The number of ether oxygens (including phenoxy) is 1. The summed E-state index contributed by atoms with van der Waals surface area (Å²) in [5.74, 6) is 0.374. The molecule has 4 heteroatoms. The summed E-state index contributed by atoms with van der Waals surface area (Å²) in [5, 5.41) is 2.06. The molecule has 0 spiro atoms. The van der Waals surface area contributed by atoms with Crippen molar-refractivity contribution in [2.45, 2.75) is 26.0 Å². The lowest BCUT2D eigenvalue weighted by Crippen LogP contribution is -2.11. The van der Waals surface area contributed by atoms with Crippen LogP contribution in [0, 0.1) is 5.92 Å². The molecule has 1 aliphatic carbocycles. The molecular weight excluding hydrogens is 288 g/mol. The minimum Gasteiger partial charge on any atom is -0.380 e. The predicted octanol–water partition coefficient (Wildman–Crippen LogP) is 3.45. The summed E-state index contributed by atoms with van der Waals surface area (Å²) in [4.78, 5) is 11.9. The third kappa shape index (κ3) is 2.39. The van der Waals surface area contributed by atoms with E-state index in [0.29, 0.717) is 12.2 Å². The van der Waals surface area contributed by atoms with Gasteiger partial charge < -0.3 is 15.0 Å². The van der Waals surface area contributed by atoms with Gasteiger partial charge in [-0.05, 0) is 42.5 Å². The van der Waals surface area contributed by atoms with E-state index in [9.17, 15) is 4.79 Å². The van der Waals surface area contributed by atoms with Crippen LogP contribution in [0.5, 0.6) is 0 Å². The molecule has 4 rings (SSSR count). The Hall–Kier alpha value is -2.33. The van der Waals surface area contributed by atoms with E-state index in [-0.39, 0.29) is 5.91 Å². The van der Waals surface area contributed by atoms with Crippen LogP contribution in [0.3, 0.4) is 0 Å². The Balaban J connectivity index is 2.04. The van der Waals surface area contributed by atoms with Gasteiger partial charge in [0.05, 0.1) is 6.61 Å². The van der Waals surface area contributed by atoms with Crippen molar-refractivity contribution >= 4 is 27.7 Å². The van der Waals surface area contributed by atoms with Gasteiger partial charge in [-0.2, -0.15) is 0 Å².